The first-order valence-corrected chi connectivity index (χ1v) is 8.73. The Hall–Kier alpha value is -3.53. The molecule has 3 aromatic rings. The number of benzene rings is 3. The average molecular weight is 355 g/mol. The minimum absolute atomic E-state index is 0.212. The van der Waals surface area contributed by atoms with Gasteiger partial charge in [0.05, 0.1) is 11.4 Å². The van der Waals surface area contributed by atoms with Crippen LogP contribution in [0.4, 0.5) is 17.1 Å². The Kier molecular flexibility index (Phi) is 5.90. The van der Waals surface area contributed by atoms with Gasteiger partial charge in [-0.15, -0.1) is 5.11 Å². The third-order valence-corrected chi connectivity index (χ3v) is 3.94. The van der Waals surface area contributed by atoms with Crippen molar-refractivity contribution in [3.05, 3.63) is 95.6 Å². The number of nitrogens with zero attached hydrogens (tertiary/aromatic N) is 2. The molecule has 27 heavy (non-hydrogen) atoms. The SMILES string of the molecule is Cc1ccc(N=Nc2ccc(C)cc2NC(=O)/C=C\c2ccccc2)cc1. The van der Waals surface area contributed by atoms with Crippen molar-refractivity contribution < 1.29 is 4.79 Å². The minimum Gasteiger partial charge on any atom is -0.321 e. The molecular formula is C23H21N3O. The number of hydrogen-bond acceptors (Lipinski definition) is 3. The molecule has 0 fully saturated rings. The van der Waals surface area contributed by atoms with Gasteiger partial charge in [-0.1, -0.05) is 54.1 Å². The first-order valence-electron chi connectivity index (χ1n) is 8.73. The molecule has 0 unspecified atom stereocenters. The van der Waals surface area contributed by atoms with E-state index >= 15 is 0 Å². The van der Waals surface area contributed by atoms with E-state index in [0.717, 1.165) is 16.8 Å². The zero-order chi connectivity index (χ0) is 19.1. The Morgan fingerprint density at radius 1 is 0.852 bits per heavy atom. The second-order valence-electron chi connectivity index (χ2n) is 6.29. The van der Waals surface area contributed by atoms with E-state index < -0.39 is 0 Å². The lowest BCUT2D eigenvalue weighted by Crippen LogP contribution is -2.08. The van der Waals surface area contributed by atoms with Gasteiger partial charge < -0.3 is 5.32 Å². The van der Waals surface area contributed by atoms with E-state index in [4.69, 9.17) is 0 Å². The summed E-state index contributed by atoms with van der Waals surface area (Å²) in [6.45, 7) is 3.99. The largest absolute Gasteiger partial charge is 0.321 e. The number of amides is 1. The van der Waals surface area contributed by atoms with Crippen molar-refractivity contribution in [2.24, 2.45) is 10.2 Å². The van der Waals surface area contributed by atoms with Gasteiger partial charge in [-0.3, -0.25) is 4.79 Å². The number of carbonyl (C=O) groups excluding carboxylic acids is 1. The second-order valence-corrected chi connectivity index (χ2v) is 6.29. The van der Waals surface area contributed by atoms with Crippen molar-refractivity contribution in [1.82, 2.24) is 0 Å². The van der Waals surface area contributed by atoms with E-state index in [1.165, 1.54) is 11.6 Å². The third-order valence-electron chi connectivity index (χ3n) is 3.94. The highest BCUT2D eigenvalue weighted by molar-refractivity contribution is 6.03. The van der Waals surface area contributed by atoms with Crippen LogP contribution >= 0.6 is 0 Å². The number of hydrogen-bond donors (Lipinski definition) is 1. The molecule has 0 aromatic heterocycles. The Morgan fingerprint density at radius 3 is 2.30 bits per heavy atom. The molecule has 4 heteroatoms. The lowest BCUT2D eigenvalue weighted by molar-refractivity contribution is -0.111. The van der Waals surface area contributed by atoms with Crippen molar-refractivity contribution in [3.8, 4) is 0 Å². The maximum atomic E-state index is 12.3. The lowest BCUT2D eigenvalue weighted by atomic mass is 10.2. The van der Waals surface area contributed by atoms with Crippen molar-refractivity contribution in [3.63, 3.8) is 0 Å². The number of nitrogens with one attached hydrogen (secondary N) is 1. The van der Waals surface area contributed by atoms with Crippen molar-refractivity contribution in [2.75, 3.05) is 5.32 Å². The highest BCUT2D eigenvalue weighted by Crippen LogP contribution is 2.28. The summed E-state index contributed by atoms with van der Waals surface area (Å²) in [5.41, 5.74) is 5.18. The van der Waals surface area contributed by atoms with Gasteiger partial charge >= 0.3 is 0 Å². The molecular weight excluding hydrogens is 334 g/mol. The van der Waals surface area contributed by atoms with Crippen LogP contribution < -0.4 is 5.32 Å². The van der Waals surface area contributed by atoms with Gasteiger partial charge in [0.2, 0.25) is 5.91 Å². The maximum absolute atomic E-state index is 12.3. The van der Waals surface area contributed by atoms with Gasteiger partial charge in [0.25, 0.3) is 0 Å². The standard InChI is InChI=1S/C23H21N3O/c1-17-8-12-20(13-9-17)25-26-21-14-10-18(2)16-22(21)24-23(27)15-11-19-6-4-3-5-7-19/h3-16H,1-2H3,(H,24,27)/b15-11-,26-25?. The second kappa shape index (κ2) is 8.72. The topological polar surface area (TPSA) is 53.8 Å². The predicted octanol–water partition coefficient (Wildman–Crippen LogP) is 6.37. The molecule has 0 saturated heterocycles. The summed E-state index contributed by atoms with van der Waals surface area (Å²) < 4.78 is 0. The zero-order valence-corrected chi connectivity index (χ0v) is 15.4. The van der Waals surface area contributed by atoms with Crippen LogP contribution in [0, 0.1) is 13.8 Å². The molecule has 0 bridgehead atoms. The zero-order valence-electron chi connectivity index (χ0n) is 15.4. The Balaban J connectivity index is 1.76. The van der Waals surface area contributed by atoms with Crippen molar-refractivity contribution in [2.45, 2.75) is 13.8 Å². The first-order chi connectivity index (χ1) is 13.1. The van der Waals surface area contributed by atoms with E-state index in [1.54, 1.807) is 6.08 Å². The summed E-state index contributed by atoms with van der Waals surface area (Å²) in [4.78, 5) is 12.3. The summed E-state index contributed by atoms with van der Waals surface area (Å²) in [7, 11) is 0. The van der Waals surface area contributed by atoms with E-state index in [-0.39, 0.29) is 5.91 Å². The summed E-state index contributed by atoms with van der Waals surface area (Å²) in [5.74, 6) is -0.212. The van der Waals surface area contributed by atoms with Gasteiger partial charge in [0.1, 0.15) is 5.69 Å². The normalized spacial score (nSPS) is 11.2. The molecule has 1 N–H and O–H groups in total. The van der Waals surface area contributed by atoms with Crippen LogP contribution in [-0.2, 0) is 4.79 Å². The van der Waals surface area contributed by atoms with Crippen LogP contribution in [-0.4, -0.2) is 5.91 Å². The number of aryl methyl sites for hydroxylation is 2. The van der Waals surface area contributed by atoms with Gasteiger partial charge in [0.15, 0.2) is 0 Å². The van der Waals surface area contributed by atoms with E-state index in [0.29, 0.717) is 11.4 Å². The molecule has 3 rings (SSSR count). The molecule has 0 spiro atoms. The molecule has 0 aliphatic carbocycles. The highest BCUT2D eigenvalue weighted by Gasteiger charge is 2.05. The summed E-state index contributed by atoms with van der Waals surface area (Å²) in [6.07, 6.45) is 3.29. The van der Waals surface area contributed by atoms with Gasteiger partial charge in [-0.2, -0.15) is 5.11 Å². The van der Waals surface area contributed by atoms with E-state index in [1.807, 2.05) is 86.6 Å². The molecule has 0 atom stereocenters. The van der Waals surface area contributed by atoms with Crippen LogP contribution in [0.1, 0.15) is 16.7 Å². The fourth-order valence-corrected chi connectivity index (χ4v) is 2.47. The Morgan fingerprint density at radius 2 is 1.56 bits per heavy atom. The number of carbonyl (C=O) groups is 1. The van der Waals surface area contributed by atoms with Gasteiger partial charge in [0, 0.05) is 6.08 Å². The van der Waals surface area contributed by atoms with Crippen LogP contribution in [0.3, 0.4) is 0 Å². The minimum atomic E-state index is -0.212. The maximum Gasteiger partial charge on any atom is 0.248 e. The monoisotopic (exact) mass is 355 g/mol. The van der Waals surface area contributed by atoms with Gasteiger partial charge in [-0.05, 0) is 55.3 Å². The molecule has 0 aliphatic heterocycles. The lowest BCUT2D eigenvalue weighted by Gasteiger charge is -2.07. The first kappa shape index (κ1) is 18.3. The molecule has 0 radical (unpaired) electrons. The highest BCUT2D eigenvalue weighted by atomic mass is 16.1. The summed E-state index contributed by atoms with van der Waals surface area (Å²) in [5, 5.41) is 11.5. The average Bonchev–Trinajstić information content (AvgIpc) is 2.68. The molecule has 134 valence electrons. The predicted molar refractivity (Wildman–Crippen MR) is 111 cm³/mol. The number of rotatable bonds is 5. The molecule has 0 aliphatic rings. The smallest absolute Gasteiger partial charge is 0.248 e. The summed E-state index contributed by atoms with van der Waals surface area (Å²) in [6, 6.07) is 23.2. The van der Waals surface area contributed by atoms with E-state index in [2.05, 4.69) is 15.5 Å². The van der Waals surface area contributed by atoms with Crippen molar-refractivity contribution >= 4 is 29.0 Å². The number of anilines is 1. The number of azo groups is 1. The summed E-state index contributed by atoms with van der Waals surface area (Å²) >= 11 is 0. The van der Waals surface area contributed by atoms with Crippen LogP contribution in [0.25, 0.3) is 6.08 Å². The molecule has 0 saturated carbocycles. The van der Waals surface area contributed by atoms with Crippen molar-refractivity contribution in [1.29, 1.82) is 0 Å². The molecule has 4 nitrogen and oxygen atoms in total. The van der Waals surface area contributed by atoms with Crippen LogP contribution in [0.15, 0.2) is 89.1 Å². The Bertz CT molecular complexity index is 974. The third kappa shape index (κ3) is 5.47. The van der Waals surface area contributed by atoms with Gasteiger partial charge in [-0.25, -0.2) is 0 Å². The fraction of sp³-hybridized carbons (Fsp3) is 0.0870. The van der Waals surface area contributed by atoms with Crippen LogP contribution in [0.2, 0.25) is 0 Å². The fourth-order valence-electron chi connectivity index (χ4n) is 2.47. The van der Waals surface area contributed by atoms with Crippen LogP contribution in [0.5, 0.6) is 0 Å². The Labute approximate surface area is 159 Å². The molecule has 1 amide bonds. The quantitative estimate of drug-likeness (QED) is 0.419. The van der Waals surface area contributed by atoms with E-state index in [9.17, 15) is 4.79 Å². The molecule has 3 aromatic carbocycles. The molecule has 0 heterocycles.